The van der Waals surface area contributed by atoms with Crippen molar-refractivity contribution < 1.29 is 4.79 Å². The van der Waals surface area contributed by atoms with Crippen molar-refractivity contribution in [2.75, 3.05) is 11.9 Å². The van der Waals surface area contributed by atoms with Crippen LogP contribution in [0.25, 0.3) is 0 Å². The normalized spacial score (nSPS) is 16.2. The number of nitrogens with zero attached hydrogens (tertiary/aromatic N) is 1. The van der Waals surface area contributed by atoms with Crippen LogP contribution in [0, 0.1) is 13.8 Å². The summed E-state index contributed by atoms with van der Waals surface area (Å²) in [5.41, 5.74) is 6.62. The van der Waals surface area contributed by atoms with Crippen molar-refractivity contribution in [3.05, 3.63) is 52.3 Å². The van der Waals surface area contributed by atoms with Gasteiger partial charge in [-0.15, -0.1) is 12.4 Å². The third kappa shape index (κ3) is 3.08. The van der Waals surface area contributed by atoms with Crippen molar-refractivity contribution in [2.24, 2.45) is 0 Å². The SMILES string of the molecule is Cc1cc(C(=O)Nc2ccc3c(c2)CNCC3)c(C)n1C1CC1.Cl. The maximum absolute atomic E-state index is 12.7. The second-order valence-electron chi connectivity index (χ2n) is 6.75. The minimum Gasteiger partial charge on any atom is -0.345 e. The summed E-state index contributed by atoms with van der Waals surface area (Å²) in [7, 11) is 0. The minimum atomic E-state index is -0.00582. The molecule has 2 aliphatic rings. The van der Waals surface area contributed by atoms with Crippen molar-refractivity contribution in [1.82, 2.24) is 9.88 Å². The third-order valence-electron chi connectivity index (χ3n) is 4.99. The quantitative estimate of drug-likeness (QED) is 0.889. The topological polar surface area (TPSA) is 46.1 Å². The van der Waals surface area contributed by atoms with Gasteiger partial charge in [-0.1, -0.05) is 6.07 Å². The van der Waals surface area contributed by atoms with Gasteiger partial charge in [0.05, 0.1) is 5.56 Å². The maximum Gasteiger partial charge on any atom is 0.257 e. The van der Waals surface area contributed by atoms with E-state index in [2.05, 4.69) is 41.2 Å². The molecule has 24 heavy (non-hydrogen) atoms. The fourth-order valence-corrected chi connectivity index (χ4v) is 3.66. The minimum absolute atomic E-state index is 0. The summed E-state index contributed by atoms with van der Waals surface area (Å²) in [5, 5.41) is 6.45. The molecule has 5 heteroatoms. The molecular weight excluding hydrogens is 322 g/mol. The summed E-state index contributed by atoms with van der Waals surface area (Å²) in [4.78, 5) is 12.7. The smallest absolute Gasteiger partial charge is 0.257 e. The number of halogens is 1. The molecule has 1 fully saturated rings. The van der Waals surface area contributed by atoms with E-state index in [0.717, 1.165) is 36.5 Å². The van der Waals surface area contributed by atoms with Gasteiger partial charge in [0, 0.05) is 29.7 Å². The third-order valence-corrected chi connectivity index (χ3v) is 4.99. The number of anilines is 1. The van der Waals surface area contributed by atoms with Crippen LogP contribution in [0.2, 0.25) is 0 Å². The van der Waals surface area contributed by atoms with Gasteiger partial charge in [0.25, 0.3) is 5.91 Å². The number of hydrogen-bond donors (Lipinski definition) is 2. The highest BCUT2D eigenvalue weighted by Gasteiger charge is 2.28. The first-order valence-corrected chi connectivity index (χ1v) is 8.46. The summed E-state index contributed by atoms with van der Waals surface area (Å²) < 4.78 is 2.31. The van der Waals surface area contributed by atoms with E-state index in [-0.39, 0.29) is 18.3 Å². The van der Waals surface area contributed by atoms with Crippen molar-refractivity contribution in [2.45, 2.75) is 45.7 Å². The van der Waals surface area contributed by atoms with E-state index in [4.69, 9.17) is 0 Å². The van der Waals surface area contributed by atoms with Gasteiger partial charge in [0.2, 0.25) is 0 Å². The number of hydrogen-bond acceptors (Lipinski definition) is 2. The Morgan fingerprint density at radius 3 is 2.75 bits per heavy atom. The van der Waals surface area contributed by atoms with E-state index in [1.54, 1.807) is 0 Å². The van der Waals surface area contributed by atoms with E-state index >= 15 is 0 Å². The van der Waals surface area contributed by atoms with Gasteiger partial charge in [-0.3, -0.25) is 4.79 Å². The summed E-state index contributed by atoms with van der Waals surface area (Å²) in [6, 6.07) is 8.87. The van der Waals surface area contributed by atoms with Crippen molar-refractivity contribution in [3.63, 3.8) is 0 Å². The lowest BCUT2D eigenvalue weighted by atomic mass is 10.0. The second-order valence-corrected chi connectivity index (χ2v) is 6.75. The van der Waals surface area contributed by atoms with Gasteiger partial charge in [0.1, 0.15) is 0 Å². The van der Waals surface area contributed by atoms with Crippen LogP contribution in [0.15, 0.2) is 24.3 Å². The Labute approximate surface area is 149 Å². The Kier molecular flexibility index (Phi) is 4.70. The predicted octanol–water partition coefficient (Wildman–Crippen LogP) is 3.76. The fourth-order valence-electron chi connectivity index (χ4n) is 3.66. The summed E-state index contributed by atoms with van der Waals surface area (Å²) in [6.07, 6.45) is 3.52. The van der Waals surface area contributed by atoms with E-state index in [0.29, 0.717) is 6.04 Å². The Bertz CT molecular complexity index is 777. The average Bonchev–Trinajstić information content (AvgIpc) is 3.32. The number of aromatic nitrogens is 1. The van der Waals surface area contributed by atoms with E-state index in [1.165, 1.54) is 29.7 Å². The molecule has 1 aliphatic heterocycles. The number of carbonyl (C=O) groups is 1. The Morgan fingerprint density at radius 2 is 2.00 bits per heavy atom. The molecule has 2 heterocycles. The zero-order valence-corrected chi connectivity index (χ0v) is 15.0. The first-order valence-electron chi connectivity index (χ1n) is 8.46. The summed E-state index contributed by atoms with van der Waals surface area (Å²) in [5.74, 6) is -0.00582. The van der Waals surface area contributed by atoms with E-state index in [1.807, 2.05) is 12.1 Å². The standard InChI is InChI=1S/C19H23N3O.ClH/c1-12-9-18(13(2)22(12)17-5-6-17)19(23)21-16-4-3-14-7-8-20-11-15(14)10-16;/h3-4,9-10,17,20H,5-8,11H2,1-2H3,(H,21,23);1H. The predicted molar refractivity (Wildman–Crippen MR) is 99.2 cm³/mol. The second kappa shape index (κ2) is 6.61. The van der Waals surface area contributed by atoms with Crippen LogP contribution in [0.3, 0.4) is 0 Å². The number of amides is 1. The molecule has 0 saturated heterocycles. The number of fused-ring (bicyclic) bond motifs is 1. The van der Waals surface area contributed by atoms with Crippen LogP contribution in [0.4, 0.5) is 5.69 Å². The van der Waals surface area contributed by atoms with E-state index in [9.17, 15) is 4.79 Å². The molecular formula is C19H24ClN3O. The van der Waals surface area contributed by atoms with Gasteiger partial charge in [-0.2, -0.15) is 0 Å². The molecule has 1 aromatic carbocycles. The molecule has 0 spiro atoms. The number of rotatable bonds is 3. The lowest BCUT2D eigenvalue weighted by Gasteiger charge is -2.18. The summed E-state index contributed by atoms with van der Waals surface area (Å²) in [6.45, 7) is 6.06. The number of aryl methyl sites for hydroxylation is 1. The van der Waals surface area contributed by atoms with Crippen LogP contribution >= 0.6 is 12.4 Å². The van der Waals surface area contributed by atoms with Gasteiger partial charge < -0.3 is 15.2 Å². The van der Waals surface area contributed by atoms with Crippen molar-refractivity contribution >= 4 is 24.0 Å². The fraction of sp³-hybridized carbons (Fsp3) is 0.421. The number of nitrogens with one attached hydrogen (secondary N) is 2. The summed E-state index contributed by atoms with van der Waals surface area (Å²) >= 11 is 0. The highest BCUT2D eigenvalue weighted by molar-refractivity contribution is 6.05. The molecule has 0 bridgehead atoms. The van der Waals surface area contributed by atoms with Crippen LogP contribution < -0.4 is 10.6 Å². The van der Waals surface area contributed by atoms with Crippen LogP contribution in [-0.4, -0.2) is 17.0 Å². The van der Waals surface area contributed by atoms with Gasteiger partial charge in [-0.05, 0) is 69.0 Å². The maximum atomic E-state index is 12.7. The van der Waals surface area contributed by atoms with Gasteiger partial charge in [0.15, 0.2) is 0 Å². The Hall–Kier alpha value is -1.78. The molecule has 1 saturated carbocycles. The van der Waals surface area contributed by atoms with E-state index < -0.39 is 0 Å². The molecule has 1 aliphatic carbocycles. The van der Waals surface area contributed by atoms with Crippen LogP contribution in [-0.2, 0) is 13.0 Å². The van der Waals surface area contributed by atoms with Crippen LogP contribution in [0.1, 0.15) is 51.8 Å². The largest absolute Gasteiger partial charge is 0.345 e. The zero-order valence-electron chi connectivity index (χ0n) is 14.2. The molecule has 2 N–H and O–H groups in total. The first-order chi connectivity index (χ1) is 11.1. The molecule has 0 atom stereocenters. The number of carbonyl (C=O) groups excluding carboxylic acids is 1. The molecule has 1 aromatic heterocycles. The molecule has 128 valence electrons. The molecule has 0 unspecified atom stereocenters. The first kappa shape index (κ1) is 17.1. The van der Waals surface area contributed by atoms with Crippen LogP contribution in [0.5, 0.6) is 0 Å². The molecule has 0 radical (unpaired) electrons. The lowest BCUT2D eigenvalue weighted by molar-refractivity contribution is 0.102. The van der Waals surface area contributed by atoms with Crippen molar-refractivity contribution in [3.8, 4) is 0 Å². The highest BCUT2D eigenvalue weighted by atomic mass is 35.5. The highest BCUT2D eigenvalue weighted by Crippen LogP contribution is 2.38. The van der Waals surface area contributed by atoms with Crippen molar-refractivity contribution in [1.29, 1.82) is 0 Å². The molecule has 2 aromatic rings. The van der Waals surface area contributed by atoms with Gasteiger partial charge in [-0.25, -0.2) is 0 Å². The molecule has 4 nitrogen and oxygen atoms in total. The van der Waals surface area contributed by atoms with Gasteiger partial charge >= 0.3 is 0 Å². The number of benzene rings is 1. The monoisotopic (exact) mass is 345 g/mol. The molecule has 4 rings (SSSR count). The lowest BCUT2D eigenvalue weighted by Crippen LogP contribution is -2.23. The molecule has 1 amide bonds. The average molecular weight is 346 g/mol. The Balaban J connectivity index is 0.00000169. The zero-order chi connectivity index (χ0) is 16.0. The Morgan fingerprint density at radius 1 is 1.21 bits per heavy atom.